The fourth-order valence-corrected chi connectivity index (χ4v) is 1.33. The molecule has 5 heteroatoms. The maximum atomic E-state index is 12.3. The van der Waals surface area contributed by atoms with Crippen LogP contribution in [0, 0.1) is 0 Å². The van der Waals surface area contributed by atoms with Crippen LogP contribution < -0.4 is 0 Å². The number of unbranched alkanes of at least 4 members (excludes halogenated alkanes) is 1. The first kappa shape index (κ1) is 15.3. The van der Waals surface area contributed by atoms with E-state index in [9.17, 15) is 18.0 Å². The normalized spacial score (nSPS) is 11.8. The van der Waals surface area contributed by atoms with Gasteiger partial charge in [-0.2, -0.15) is 13.2 Å². The zero-order valence-electron chi connectivity index (χ0n) is 10.5. The Balaban J connectivity index is 2.58. The van der Waals surface area contributed by atoms with Crippen molar-refractivity contribution in [3.05, 3.63) is 47.7 Å². The first-order valence-corrected chi connectivity index (χ1v) is 5.95. The quantitative estimate of drug-likeness (QED) is 0.335. The third kappa shape index (κ3) is 5.16. The lowest BCUT2D eigenvalue weighted by atomic mass is 10.1. The summed E-state index contributed by atoms with van der Waals surface area (Å²) in [5.74, 6) is -0.384. The van der Waals surface area contributed by atoms with Gasteiger partial charge in [0.25, 0.3) is 0 Å². The Morgan fingerprint density at radius 3 is 2.42 bits per heavy atom. The lowest BCUT2D eigenvalue weighted by Gasteiger charge is -2.06. The van der Waals surface area contributed by atoms with Crippen LogP contribution in [0.1, 0.15) is 35.7 Å². The third-order valence-electron chi connectivity index (χ3n) is 2.43. The second-order valence-corrected chi connectivity index (χ2v) is 3.97. The number of carbonyl (C=O) groups excluding carboxylic acids is 1. The van der Waals surface area contributed by atoms with Crippen LogP contribution >= 0.6 is 0 Å². The predicted molar refractivity (Wildman–Crippen MR) is 65.8 cm³/mol. The highest BCUT2D eigenvalue weighted by Gasteiger charge is 2.30. The standard InChI is InChI=1S/C14H15F3O2/c1-2-3-9-19-10-8-13(18)11-4-6-12(7-5-11)14(15,16)17/h4-8,10H,2-3,9H2,1H3/b10-8+. The molecule has 19 heavy (non-hydrogen) atoms. The van der Waals surface area contributed by atoms with Crippen LogP contribution in [0.4, 0.5) is 13.2 Å². The number of hydrogen-bond acceptors (Lipinski definition) is 2. The van der Waals surface area contributed by atoms with Gasteiger partial charge in [-0.3, -0.25) is 4.79 Å². The smallest absolute Gasteiger partial charge is 0.416 e. The molecular formula is C14H15F3O2. The van der Waals surface area contributed by atoms with E-state index in [4.69, 9.17) is 4.74 Å². The summed E-state index contributed by atoms with van der Waals surface area (Å²) in [6.45, 7) is 2.54. The molecule has 2 nitrogen and oxygen atoms in total. The van der Waals surface area contributed by atoms with Crippen molar-refractivity contribution in [2.75, 3.05) is 6.61 Å². The van der Waals surface area contributed by atoms with Gasteiger partial charge in [-0.1, -0.05) is 25.5 Å². The molecule has 0 spiro atoms. The van der Waals surface area contributed by atoms with E-state index in [1.54, 1.807) is 0 Å². The number of alkyl halides is 3. The number of carbonyl (C=O) groups is 1. The van der Waals surface area contributed by atoms with Crippen LogP contribution in [0.3, 0.4) is 0 Å². The zero-order chi connectivity index (χ0) is 14.3. The molecule has 0 bridgehead atoms. The average Bonchev–Trinajstić information content (AvgIpc) is 2.37. The summed E-state index contributed by atoms with van der Waals surface area (Å²) < 4.78 is 42.0. The van der Waals surface area contributed by atoms with E-state index in [0.717, 1.165) is 37.1 Å². The van der Waals surface area contributed by atoms with Gasteiger partial charge in [-0.25, -0.2) is 0 Å². The summed E-state index contributed by atoms with van der Waals surface area (Å²) in [6, 6.07) is 4.08. The molecule has 0 unspecified atom stereocenters. The van der Waals surface area contributed by atoms with Crippen LogP contribution in [0.25, 0.3) is 0 Å². The minimum Gasteiger partial charge on any atom is -0.501 e. The summed E-state index contributed by atoms with van der Waals surface area (Å²) in [6.07, 6.45) is -0.0336. The number of rotatable bonds is 6. The van der Waals surface area contributed by atoms with Crippen molar-refractivity contribution in [3.63, 3.8) is 0 Å². The van der Waals surface area contributed by atoms with Crippen molar-refractivity contribution >= 4 is 5.78 Å². The van der Waals surface area contributed by atoms with Crippen molar-refractivity contribution in [2.45, 2.75) is 25.9 Å². The molecule has 104 valence electrons. The lowest BCUT2D eigenvalue weighted by Crippen LogP contribution is -2.05. The van der Waals surface area contributed by atoms with E-state index >= 15 is 0 Å². The van der Waals surface area contributed by atoms with Gasteiger partial charge < -0.3 is 4.74 Å². The molecule has 1 aromatic rings. The van der Waals surface area contributed by atoms with Crippen LogP contribution in [-0.4, -0.2) is 12.4 Å². The van der Waals surface area contributed by atoms with E-state index in [-0.39, 0.29) is 11.3 Å². The number of ketones is 1. The van der Waals surface area contributed by atoms with Gasteiger partial charge in [0.2, 0.25) is 0 Å². The van der Waals surface area contributed by atoms with E-state index in [0.29, 0.717) is 6.61 Å². The average molecular weight is 272 g/mol. The van der Waals surface area contributed by atoms with Crippen molar-refractivity contribution in [3.8, 4) is 0 Å². The molecule has 0 heterocycles. The Kier molecular flexibility index (Phi) is 5.60. The van der Waals surface area contributed by atoms with Gasteiger partial charge in [0.1, 0.15) is 0 Å². The topological polar surface area (TPSA) is 26.3 Å². The molecule has 1 rings (SSSR count). The molecule has 0 aromatic heterocycles. The Hall–Kier alpha value is -1.78. The molecule has 0 N–H and O–H groups in total. The molecule has 0 atom stereocenters. The van der Waals surface area contributed by atoms with Crippen molar-refractivity contribution in [1.82, 2.24) is 0 Å². The Bertz CT molecular complexity index is 433. The van der Waals surface area contributed by atoms with Crippen molar-refractivity contribution in [2.24, 2.45) is 0 Å². The molecule has 0 aliphatic carbocycles. The highest BCUT2D eigenvalue weighted by molar-refractivity contribution is 6.04. The van der Waals surface area contributed by atoms with Crippen LogP contribution in [0.2, 0.25) is 0 Å². The fourth-order valence-electron chi connectivity index (χ4n) is 1.33. The number of benzene rings is 1. The molecule has 0 saturated heterocycles. The first-order valence-electron chi connectivity index (χ1n) is 5.95. The summed E-state index contributed by atoms with van der Waals surface area (Å²) in [4.78, 5) is 11.6. The Morgan fingerprint density at radius 2 is 1.89 bits per heavy atom. The van der Waals surface area contributed by atoms with Gasteiger partial charge in [-0.05, 0) is 18.6 Å². The third-order valence-corrected chi connectivity index (χ3v) is 2.43. The van der Waals surface area contributed by atoms with E-state index in [1.807, 2.05) is 6.92 Å². The molecule has 0 aliphatic heterocycles. The molecule has 1 aromatic carbocycles. The number of ether oxygens (including phenoxy) is 1. The molecule has 0 fully saturated rings. The minimum atomic E-state index is -4.39. The zero-order valence-corrected chi connectivity index (χ0v) is 10.5. The van der Waals surface area contributed by atoms with E-state index in [1.165, 1.54) is 12.3 Å². The van der Waals surface area contributed by atoms with Gasteiger partial charge in [0.15, 0.2) is 5.78 Å². The minimum absolute atomic E-state index is 0.198. The van der Waals surface area contributed by atoms with E-state index in [2.05, 4.69) is 0 Å². The molecule has 0 aliphatic rings. The van der Waals surface area contributed by atoms with Crippen LogP contribution in [0.5, 0.6) is 0 Å². The fraction of sp³-hybridized carbons (Fsp3) is 0.357. The van der Waals surface area contributed by atoms with Crippen molar-refractivity contribution in [1.29, 1.82) is 0 Å². The van der Waals surface area contributed by atoms with Crippen LogP contribution in [-0.2, 0) is 10.9 Å². The lowest BCUT2D eigenvalue weighted by molar-refractivity contribution is -0.137. The number of halogens is 3. The number of hydrogen-bond donors (Lipinski definition) is 0. The van der Waals surface area contributed by atoms with Gasteiger partial charge >= 0.3 is 6.18 Å². The van der Waals surface area contributed by atoms with Crippen LogP contribution in [0.15, 0.2) is 36.6 Å². The summed E-state index contributed by atoms with van der Waals surface area (Å²) >= 11 is 0. The number of allylic oxidation sites excluding steroid dienone is 1. The van der Waals surface area contributed by atoms with Crippen molar-refractivity contribution < 1.29 is 22.7 Å². The highest BCUT2D eigenvalue weighted by atomic mass is 19.4. The summed E-state index contributed by atoms with van der Waals surface area (Å²) in [5, 5.41) is 0. The molecular weight excluding hydrogens is 257 g/mol. The SMILES string of the molecule is CCCCO/C=C/C(=O)c1ccc(C(F)(F)F)cc1. The maximum Gasteiger partial charge on any atom is 0.416 e. The second kappa shape index (κ2) is 6.97. The first-order chi connectivity index (χ1) is 8.95. The predicted octanol–water partition coefficient (Wildman–Crippen LogP) is 4.22. The molecule has 0 radical (unpaired) electrons. The second-order valence-electron chi connectivity index (χ2n) is 3.97. The maximum absolute atomic E-state index is 12.3. The van der Waals surface area contributed by atoms with Gasteiger partial charge in [0.05, 0.1) is 18.4 Å². The summed E-state index contributed by atoms with van der Waals surface area (Å²) in [5.41, 5.74) is -0.574. The summed E-state index contributed by atoms with van der Waals surface area (Å²) in [7, 11) is 0. The van der Waals surface area contributed by atoms with Gasteiger partial charge in [-0.15, -0.1) is 0 Å². The van der Waals surface area contributed by atoms with E-state index < -0.39 is 11.7 Å². The van der Waals surface area contributed by atoms with Gasteiger partial charge in [0, 0.05) is 11.6 Å². The molecule has 0 amide bonds. The monoisotopic (exact) mass is 272 g/mol. The Labute approximate surface area is 109 Å². The molecule has 0 saturated carbocycles. The largest absolute Gasteiger partial charge is 0.501 e. The Morgan fingerprint density at radius 1 is 1.26 bits per heavy atom. The highest BCUT2D eigenvalue weighted by Crippen LogP contribution is 2.29.